The lowest BCUT2D eigenvalue weighted by atomic mass is 9.97. The smallest absolute Gasteiger partial charge is 0.243 e. The van der Waals surface area contributed by atoms with Crippen molar-refractivity contribution in [2.75, 3.05) is 24.7 Å². The molecule has 0 saturated carbocycles. The van der Waals surface area contributed by atoms with Gasteiger partial charge in [-0.05, 0) is 56.5 Å². The molecule has 4 rings (SSSR count). The summed E-state index contributed by atoms with van der Waals surface area (Å²) in [5.74, 6) is -0.483. The number of hydrogen-bond acceptors (Lipinski definition) is 7. The van der Waals surface area contributed by atoms with Gasteiger partial charge in [-0.15, -0.1) is 11.3 Å². The van der Waals surface area contributed by atoms with E-state index in [1.807, 2.05) is 31.4 Å². The summed E-state index contributed by atoms with van der Waals surface area (Å²) < 4.78 is 50.5. The first-order valence-electron chi connectivity index (χ1n) is 11.1. The van der Waals surface area contributed by atoms with Crippen LogP contribution in [0.25, 0.3) is 11.3 Å². The molecule has 1 saturated heterocycles. The van der Waals surface area contributed by atoms with Gasteiger partial charge in [-0.25, -0.2) is 21.8 Å². The molecule has 11 heteroatoms. The van der Waals surface area contributed by atoms with Crippen molar-refractivity contribution in [3.8, 4) is 11.3 Å². The largest absolute Gasteiger partial charge is 0.302 e. The molecule has 35 heavy (non-hydrogen) atoms. The molecule has 0 atom stereocenters. The van der Waals surface area contributed by atoms with Crippen LogP contribution in [0.15, 0.2) is 57.6 Å². The zero-order valence-electron chi connectivity index (χ0n) is 19.7. The van der Waals surface area contributed by atoms with Gasteiger partial charge in [0.2, 0.25) is 15.9 Å². The number of aromatic nitrogens is 1. The molecule has 0 spiro atoms. The molecule has 3 aromatic rings. The van der Waals surface area contributed by atoms with Gasteiger partial charge in [0.15, 0.2) is 15.0 Å². The van der Waals surface area contributed by atoms with Crippen LogP contribution in [0.1, 0.15) is 24.0 Å². The number of thiazole rings is 1. The Bertz CT molecular complexity index is 1450. The molecule has 1 fully saturated rings. The Labute approximate surface area is 210 Å². The van der Waals surface area contributed by atoms with Gasteiger partial charge in [0.25, 0.3) is 0 Å². The number of sulfone groups is 1. The highest BCUT2D eigenvalue weighted by atomic mass is 32.2. The number of benzene rings is 2. The van der Waals surface area contributed by atoms with Crippen molar-refractivity contribution in [3.63, 3.8) is 0 Å². The molecule has 186 valence electrons. The Kier molecular flexibility index (Phi) is 7.14. The predicted octanol–water partition coefficient (Wildman–Crippen LogP) is 3.87. The van der Waals surface area contributed by atoms with Crippen LogP contribution in [0.4, 0.5) is 5.13 Å². The molecule has 8 nitrogen and oxygen atoms in total. The summed E-state index contributed by atoms with van der Waals surface area (Å²) >= 11 is 1.36. The number of nitrogens with one attached hydrogen (secondary N) is 1. The quantitative estimate of drug-likeness (QED) is 0.515. The predicted molar refractivity (Wildman–Crippen MR) is 137 cm³/mol. The van der Waals surface area contributed by atoms with E-state index >= 15 is 0 Å². The molecule has 0 unspecified atom stereocenters. The van der Waals surface area contributed by atoms with Crippen LogP contribution < -0.4 is 5.32 Å². The SMILES string of the molecule is Cc1ccc(-c2csc(NC(=O)C3CCN(S(=O)(=O)c4ccc(S(C)(=O)=O)cc4)CC3)n2)c(C)c1. The number of nitrogens with zero attached hydrogens (tertiary/aromatic N) is 2. The summed E-state index contributed by atoms with van der Waals surface area (Å²) in [7, 11) is -7.18. The van der Waals surface area contributed by atoms with Crippen molar-refractivity contribution < 1.29 is 21.6 Å². The highest BCUT2D eigenvalue weighted by Gasteiger charge is 2.32. The van der Waals surface area contributed by atoms with E-state index in [-0.39, 0.29) is 34.7 Å². The Morgan fingerprint density at radius 2 is 1.63 bits per heavy atom. The third-order valence-electron chi connectivity index (χ3n) is 6.11. The standard InChI is InChI=1S/C24H27N3O5S3/c1-16-4-9-21(17(2)14-16)22-15-33-24(25-22)26-23(28)18-10-12-27(13-11-18)35(31,32)20-7-5-19(6-8-20)34(3,29)30/h4-9,14-15,18H,10-13H2,1-3H3,(H,25,26,28). The maximum atomic E-state index is 13.0. The van der Waals surface area contributed by atoms with E-state index in [0.29, 0.717) is 18.0 Å². The fourth-order valence-electron chi connectivity index (χ4n) is 4.13. The van der Waals surface area contributed by atoms with Gasteiger partial charge in [-0.2, -0.15) is 4.31 Å². The molecule has 2 aromatic carbocycles. The molecule has 1 aliphatic rings. The zero-order valence-corrected chi connectivity index (χ0v) is 22.1. The number of rotatable bonds is 6. The second-order valence-electron chi connectivity index (χ2n) is 8.77. The Morgan fingerprint density at radius 1 is 1.00 bits per heavy atom. The molecule has 0 bridgehead atoms. The molecule has 1 aliphatic heterocycles. The number of piperidine rings is 1. The zero-order chi connectivity index (χ0) is 25.4. The first-order valence-corrected chi connectivity index (χ1v) is 15.3. The van der Waals surface area contributed by atoms with Crippen molar-refractivity contribution in [2.24, 2.45) is 5.92 Å². The van der Waals surface area contributed by atoms with Gasteiger partial charge >= 0.3 is 0 Å². The summed E-state index contributed by atoms with van der Waals surface area (Å²) in [6, 6.07) is 11.3. The third kappa shape index (κ3) is 5.64. The topological polar surface area (TPSA) is 114 Å². The first-order chi connectivity index (χ1) is 16.4. The molecule has 1 aromatic heterocycles. The summed E-state index contributed by atoms with van der Waals surface area (Å²) in [6.45, 7) is 4.48. The summed E-state index contributed by atoms with van der Waals surface area (Å²) in [5, 5.41) is 5.32. The van der Waals surface area contributed by atoms with Gasteiger partial charge in [0.05, 0.1) is 15.5 Å². The monoisotopic (exact) mass is 533 g/mol. The van der Waals surface area contributed by atoms with Gasteiger partial charge in [-0.1, -0.05) is 23.8 Å². The lowest BCUT2D eigenvalue weighted by Gasteiger charge is -2.30. The summed E-state index contributed by atoms with van der Waals surface area (Å²) in [4.78, 5) is 17.5. The van der Waals surface area contributed by atoms with Crippen LogP contribution in [-0.4, -0.2) is 51.4 Å². The molecule has 0 radical (unpaired) electrons. The second kappa shape index (κ2) is 9.81. The number of carbonyl (C=O) groups excluding carboxylic acids is 1. The Hall–Kier alpha value is -2.60. The highest BCUT2D eigenvalue weighted by Crippen LogP contribution is 2.30. The molecule has 0 aliphatic carbocycles. The minimum Gasteiger partial charge on any atom is -0.302 e. The second-order valence-corrected chi connectivity index (χ2v) is 13.6. The van der Waals surface area contributed by atoms with Gasteiger partial charge in [0, 0.05) is 36.2 Å². The van der Waals surface area contributed by atoms with E-state index in [4.69, 9.17) is 0 Å². The van der Waals surface area contributed by atoms with Crippen molar-refractivity contribution in [1.82, 2.24) is 9.29 Å². The van der Waals surface area contributed by atoms with Crippen LogP contribution in [0.5, 0.6) is 0 Å². The number of aryl methyl sites for hydroxylation is 2. The lowest BCUT2D eigenvalue weighted by molar-refractivity contribution is -0.120. The van der Waals surface area contributed by atoms with Crippen molar-refractivity contribution in [3.05, 3.63) is 59.0 Å². The fraction of sp³-hybridized carbons (Fsp3) is 0.333. The maximum absolute atomic E-state index is 13.0. The van der Waals surface area contributed by atoms with Gasteiger partial charge in [-0.3, -0.25) is 4.79 Å². The number of carbonyl (C=O) groups is 1. The fourth-order valence-corrected chi connectivity index (χ4v) is 6.94. The van der Waals surface area contributed by atoms with E-state index in [2.05, 4.69) is 16.4 Å². The first kappa shape index (κ1) is 25.5. The third-order valence-corrected chi connectivity index (χ3v) is 9.91. The number of sulfonamides is 1. The van der Waals surface area contributed by atoms with Crippen LogP contribution in [0.3, 0.4) is 0 Å². The molecule has 1 N–H and O–H groups in total. The Balaban J connectivity index is 1.37. The normalized spacial score (nSPS) is 15.7. The number of hydrogen-bond donors (Lipinski definition) is 1. The minimum atomic E-state index is -3.77. The van der Waals surface area contributed by atoms with Crippen molar-refractivity contribution in [1.29, 1.82) is 0 Å². The summed E-state index contributed by atoms with van der Waals surface area (Å²) in [6.07, 6.45) is 1.85. The lowest BCUT2D eigenvalue weighted by Crippen LogP contribution is -2.41. The van der Waals surface area contributed by atoms with Crippen LogP contribution in [0, 0.1) is 19.8 Å². The van der Waals surface area contributed by atoms with E-state index < -0.39 is 19.9 Å². The molecule has 2 heterocycles. The van der Waals surface area contributed by atoms with Crippen molar-refractivity contribution in [2.45, 2.75) is 36.5 Å². The maximum Gasteiger partial charge on any atom is 0.243 e. The van der Waals surface area contributed by atoms with E-state index in [1.165, 1.54) is 45.5 Å². The van der Waals surface area contributed by atoms with Crippen LogP contribution >= 0.6 is 11.3 Å². The number of amides is 1. The molecular weight excluding hydrogens is 506 g/mol. The van der Waals surface area contributed by atoms with E-state index in [1.54, 1.807) is 0 Å². The molecular formula is C24H27N3O5S3. The van der Waals surface area contributed by atoms with Crippen molar-refractivity contribution >= 4 is 42.2 Å². The van der Waals surface area contributed by atoms with Gasteiger partial charge < -0.3 is 5.32 Å². The molecule has 1 amide bonds. The average Bonchev–Trinajstić information content (AvgIpc) is 3.26. The minimum absolute atomic E-state index is 0.0366. The Morgan fingerprint density at radius 3 is 2.23 bits per heavy atom. The van der Waals surface area contributed by atoms with Gasteiger partial charge in [0.1, 0.15) is 0 Å². The highest BCUT2D eigenvalue weighted by molar-refractivity contribution is 7.90. The summed E-state index contributed by atoms with van der Waals surface area (Å²) in [5.41, 5.74) is 4.13. The van der Waals surface area contributed by atoms with Crippen LogP contribution in [0.2, 0.25) is 0 Å². The average molecular weight is 534 g/mol. The van der Waals surface area contributed by atoms with E-state index in [0.717, 1.165) is 23.1 Å². The van der Waals surface area contributed by atoms with E-state index in [9.17, 15) is 21.6 Å². The number of anilines is 1. The van der Waals surface area contributed by atoms with Crippen LogP contribution in [-0.2, 0) is 24.7 Å².